The second-order valence-electron chi connectivity index (χ2n) is 9.34. The third kappa shape index (κ3) is 4.69. The van der Waals surface area contributed by atoms with Crippen molar-refractivity contribution in [3.05, 3.63) is 59.9 Å². The van der Waals surface area contributed by atoms with E-state index in [1.165, 1.54) is 0 Å². The van der Waals surface area contributed by atoms with Gasteiger partial charge in [0.05, 0.1) is 32.2 Å². The summed E-state index contributed by atoms with van der Waals surface area (Å²) in [6.45, 7) is 4.47. The molecule has 1 saturated heterocycles. The first-order valence-corrected chi connectivity index (χ1v) is 11.7. The molecule has 9 heteroatoms. The fourth-order valence-electron chi connectivity index (χ4n) is 4.47. The number of pyridine rings is 1. The molecule has 2 N–H and O–H groups in total. The zero-order valence-electron chi connectivity index (χ0n) is 20.3. The van der Waals surface area contributed by atoms with E-state index in [0.717, 1.165) is 71.0 Å². The highest BCUT2D eigenvalue weighted by Gasteiger charge is 2.29. The number of ether oxygens (including phenoxy) is 2. The van der Waals surface area contributed by atoms with E-state index in [2.05, 4.69) is 27.3 Å². The Bertz CT molecular complexity index is 1350. The molecule has 0 bridgehead atoms. The van der Waals surface area contributed by atoms with Crippen molar-refractivity contribution in [1.29, 1.82) is 0 Å². The van der Waals surface area contributed by atoms with Gasteiger partial charge in [0.15, 0.2) is 5.82 Å². The Balaban J connectivity index is 1.41. The van der Waals surface area contributed by atoms with Crippen LogP contribution in [0.5, 0.6) is 5.75 Å². The number of fused-ring (bicyclic) bond motifs is 1. The summed E-state index contributed by atoms with van der Waals surface area (Å²) in [7, 11) is 3.47. The Kier molecular flexibility index (Phi) is 6.36. The van der Waals surface area contributed by atoms with Crippen molar-refractivity contribution in [3.63, 3.8) is 0 Å². The molecule has 1 aromatic carbocycles. The summed E-state index contributed by atoms with van der Waals surface area (Å²) in [5.41, 5.74) is 4.44. The Morgan fingerprint density at radius 2 is 2.11 bits per heavy atom. The fourth-order valence-corrected chi connectivity index (χ4v) is 4.47. The first-order valence-electron chi connectivity index (χ1n) is 11.7. The van der Waals surface area contributed by atoms with Gasteiger partial charge in [0.25, 0.3) is 0 Å². The Morgan fingerprint density at radius 3 is 2.89 bits per heavy atom. The van der Waals surface area contributed by atoms with Crippen LogP contribution in [0.3, 0.4) is 0 Å². The van der Waals surface area contributed by atoms with Crippen molar-refractivity contribution in [2.75, 3.05) is 32.2 Å². The molecule has 0 saturated carbocycles. The van der Waals surface area contributed by atoms with Gasteiger partial charge in [-0.25, -0.2) is 15.0 Å². The predicted octanol–water partition coefficient (Wildman–Crippen LogP) is 3.36. The van der Waals surface area contributed by atoms with Crippen LogP contribution in [0.1, 0.15) is 30.4 Å². The van der Waals surface area contributed by atoms with Crippen LogP contribution < -0.4 is 10.1 Å². The number of rotatable bonds is 8. The van der Waals surface area contributed by atoms with Gasteiger partial charge in [0, 0.05) is 60.9 Å². The van der Waals surface area contributed by atoms with Crippen LogP contribution in [0, 0.1) is 5.41 Å². The van der Waals surface area contributed by atoms with Gasteiger partial charge in [0.1, 0.15) is 17.1 Å². The number of benzene rings is 1. The summed E-state index contributed by atoms with van der Waals surface area (Å²) < 4.78 is 13.0. The largest absolute Gasteiger partial charge is 0.496 e. The van der Waals surface area contributed by atoms with Crippen LogP contribution in [-0.2, 0) is 24.8 Å². The van der Waals surface area contributed by atoms with Crippen molar-refractivity contribution >= 4 is 16.7 Å². The molecule has 0 radical (unpaired) electrons. The molecule has 4 heterocycles. The molecule has 3 aromatic heterocycles. The van der Waals surface area contributed by atoms with Gasteiger partial charge in [-0.15, -0.1) is 0 Å². The average Bonchev–Trinajstić information content (AvgIpc) is 3.48. The number of hydrogen-bond acceptors (Lipinski definition) is 8. The van der Waals surface area contributed by atoms with Crippen molar-refractivity contribution in [2.24, 2.45) is 12.5 Å². The van der Waals surface area contributed by atoms with E-state index in [1.807, 2.05) is 37.5 Å². The molecule has 182 valence electrons. The van der Waals surface area contributed by atoms with E-state index >= 15 is 0 Å². The summed E-state index contributed by atoms with van der Waals surface area (Å²) in [6, 6.07) is 7.91. The quantitative estimate of drug-likeness (QED) is 0.400. The maximum atomic E-state index is 9.72. The minimum absolute atomic E-state index is 0.0859. The number of nitrogens with zero attached hydrogens (tertiary/aromatic N) is 5. The van der Waals surface area contributed by atoms with E-state index in [-0.39, 0.29) is 12.0 Å². The maximum absolute atomic E-state index is 9.72. The van der Waals surface area contributed by atoms with Crippen molar-refractivity contribution < 1.29 is 14.6 Å². The number of anilines is 1. The number of aliphatic hydroxyl groups is 1. The van der Waals surface area contributed by atoms with Gasteiger partial charge in [-0.2, -0.15) is 5.10 Å². The molecule has 1 aliphatic rings. The van der Waals surface area contributed by atoms with Crippen LogP contribution in [0.25, 0.3) is 22.0 Å². The minimum atomic E-state index is -0.0859. The second kappa shape index (κ2) is 9.59. The third-order valence-electron chi connectivity index (χ3n) is 6.69. The Hall–Kier alpha value is -3.56. The summed E-state index contributed by atoms with van der Waals surface area (Å²) >= 11 is 0. The summed E-state index contributed by atoms with van der Waals surface area (Å²) in [4.78, 5) is 14.0. The van der Waals surface area contributed by atoms with E-state index < -0.39 is 0 Å². The van der Waals surface area contributed by atoms with E-state index in [1.54, 1.807) is 24.2 Å². The van der Waals surface area contributed by atoms with Crippen molar-refractivity contribution in [1.82, 2.24) is 24.7 Å². The molecular formula is C26H30N6O3. The zero-order valence-corrected chi connectivity index (χ0v) is 20.3. The molecule has 0 spiro atoms. The SMILES string of the molecule is COc1cc(-c2cnn(C)c2CO)ccc1Cc1ncc2ccnc(NCC3(C)CCOC3)c2n1. The average molecular weight is 475 g/mol. The van der Waals surface area contributed by atoms with Crippen LogP contribution in [0.4, 0.5) is 5.82 Å². The van der Waals surface area contributed by atoms with Gasteiger partial charge in [-0.1, -0.05) is 19.1 Å². The topological polar surface area (TPSA) is 107 Å². The number of aromatic nitrogens is 5. The van der Waals surface area contributed by atoms with Gasteiger partial charge >= 0.3 is 0 Å². The molecular weight excluding hydrogens is 444 g/mol. The Morgan fingerprint density at radius 1 is 1.23 bits per heavy atom. The minimum Gasteiger partial charge on any atom is -0.496 e. The van der Waals surface area contributed by atoms with Gasteiger partial charge in [-0.3, -0.25) is 4.68 Å². The number of aryl methyl sites for hydroxylation is 1. The molecule has 0 amide bonds. The number of methoxy groups -OCH3 is 1. The lowest BCUT2D eigenvalue weighted by atomic mass is 9.90. The van der Waals surface area contributed by atoms with E-state index in [4.69, 9.17) is 14.5 Å². The third-order valence-corrected chi connectivity index (χ3v) is 6.69. The van der Waals surface area contributed by atoms with Crippen LogP contribution in [0.15, 0.2) is 42.9 Å². The monoisotopic (exact) mass is 474 g/mol. The van der Waals surface area contributed by atoms with Crippen molar-refractivity contribution in [3.8, 4) is 16.9 Å². The highest BCUT2D eigenvalue weighted by Crippen LogP contribution is 2.31. The number of hydrogen-bond donors (Lipinski definition) is 2. The lowest BCUT2D eigenvalue weighted by molar-refractivity contribution is 0.164. The normalized spacial score (nSPS) is 17.7. The summed E-state index contributed by atoms with van der Waals surface area (Å²) in [5.74, 6) is 2.18. The van der Waals surface area contributed by atoms with Gasteiger partial charge in [0.2, 0.25) is 0 Å². The summed E-state index contributed by atoms with van der Waals surface area (Å²) in [6.07, 6.45) is 6.92. The molecule has 1 fully saturated rings. The maximum Gasteiger partial charge on any atom is 0.152 e. The lowest BCUT2D eigenvalue weighted by Gasteiger charge is -2.22. The molecule has 5 rings (SSSR count). The fraction of sp³-hybridized carbons (Fsp3) is 0.385. The van der Waals surface area contributed by atoms with Crippen LogP contribution >= 0.6 is 0 Å². The molecule has 9 nitrogen and oxygen atoms in total. The molecule has 1 atom stereocenters. The van der Waals surface area contributed by atoms with Crippen LogP contribution in [-0.4, -0.2) is 56.7 Å². The first-order chi connectivity index (χ1) is 17.0. The lowest BCUT2D eigenvalue weighted by Crippen LogP contribution is -2.27. The highest BCUT2D eigenvalue weighted by molar-refractivity contribution is 5.87. The van der Waals surface area contributed by atoms with Gasteiger partial charge in [-0.05, 0) is 24.1 Å². The van der Waals surface area contributed by atoms with Gasteiger partial charge < -0.3 is 19.9 Å². The van der Waals surface area contributed by atoms with E-state index in [9.17, 15) is 5.11 Å². The van der Waals surface area contributed by atoms with Crippen molar-refractivity contribution in [2.45, 2.75) is 26.4 Å². The van der Waals surface area contributed by atoms with Crippen LogP contribution in [0.2, 0.25) is 0 Å². The van der Waals surface area contributed by atoms with E-state index in [0.29, 0.717) is 12.2 Å². The first kappa shape index (κ1) is 23.2. The summed E-state index contributed by atoms with van der Waals surface area (Å²) in [5, 5.41) is 18.4. The molecule has 0 aliphatic carbocycles. The Labute approximate surface area is 204 Å². The molecule has 1 aliphatic heterocycles. The smallest absolute Gasteiger partial charge is 0.152 e. The molecule has 1 unspecified atom stereocenters. The standard InChI is InChI=1S/C26H30N6O3/c1-26(7-9-35-16-26)15-29-25-24-19(6-8-27-25)12-28-23(31-24)11-18-5-4-17(10-22(18)34-3)20-13-30-32(2)21(20)14-33/h4-6,8,10,12-13,33H,7,9,11,14-16H2,1-3H3,(H,27,29). The zero-order chi connectivity index (χ0) is 24.4. The molecule has 35 heavy (non-hydrogen) atoms. The number of aliphatic hydroxyl groups excluding tert-OH is 1. The number of nitrogens with one attached hydrogen (secondary N) is 1. The molecule has 4 aromatic rings. The predicted molar refractivity (Wildman–Crippen MR) is 133 cm³/mol. The highest BCUT2D eigenvalue weighted by atomic mass is 16.5. The second-order valence-corrected chi connectivity index (χ2v) is 9.34.